The van der Waals surface area contributed by atoms with E-state index in [9.17, 15) is 9.59 Å². The van der Waals surface area contributed by atoms with Gasteiger partial charge in [-0.2, -0.15) is 0 Å². The summed E-state index contributed by atoms with van der Waals surface area (Å²) in [5, 5.41) is 5.82. The fraction of sp³-hybridized carbons (Fsp3) is 0.105. The van der Waals surface area contributed by atoms with Crippen molar-refractivity contribution in [3.05, 3.63) is 64.6 Å². The Balaban J connectivity index is 1.77. The molecule has 0 unspecified atom stereocenters. The van der Waals surface area contributed by atoms with Crippen molar-refractivity contribution in [1.82, 2.24) is 9.88 Å². The monoisotopic (exact) mass is 417 g/mol. The molecule has 0 atom stereocenters. The van der Waals surface area contributed by atoms with Gasteiger partial charge >= 0.3 is 0 Å². The summed E-state index contributed by atoms with van der Waals surface area (Å²) in [4.78, 5) is 31.1. The topological polar surface area (TPSA) is 62.3 Å². The number of halogens is 1. The molecule has 27 heavy (non-hydrogen) atoms. The Hall–Kier alpha value is -2.35. The lowest BCUT2D eigenvalue weighted by Crippen LogP contribution is -2.17. The summed E-state index contributed by atoms with van der Waals surface area (Å²) in [6, 6.07) is 14.5. The number of nitrogens with zero attached hydrogens (tertiary/aromatic N) is 2. The van der Waals surface area contributed by atoms with Gasteiger partial charge in [0, 0.05) is 35.0 Å². The molecule has 0 fully saturated rings. The van der Waals surface area contributed by atoms with Crippen LogP contribution in [0.15, 0.2) is 58.8 Å². The van der Waals surface area contributed by atoms with Crippen LogP contribution in [0.5, 0.6) is 0 Å². The molecule has 5 nitrogen and oxygen atoms in total. The van der Waals surface area contributed by atoms with Crippen LogP contribution in [-0.2, 0) is 0 Å². The minimum Gasteiger partial charge on any atom is -0.339 e. The zero-order valence-electron chi connectivity index (χ0n) is 14.6. The second-order valence-electron chi connectivity index (χ2n) is 5.76. The Morgan fingerprint density at radius 1 is 1.11 bits per heavy atom. The van der Waals surface area contributed by atoms with E-state index in [0.717, 1.165) is 22.3 Å². The number of hydrogen-bond donors (Lipinski definition) is 1. The van der Waals surface area contributed by atoms with Gasteiger partial charge in [0.2, 0.25) is 0 Å². The van der Waals surface area contributed by atoms with Gasteiger partial charge in [0.25, 0.3) is 11.1 Å². The maximum Gasteiger partial charge on any atom is 0.286 e. The highest BCUT2D eigenvalue weighted by molar-refractivity contribution is 8.13. The lowest BCUT2D eigenvalue weighted by atomic mass is 10.2. The van der Waals surface area contributed by atoms with Gasteiger partial charge in [-0.1, -0.05) is 35.9 Å². The van der Waals surface area contributed by atoms with Crippen molar-refractivity contribution >= 4 is 51.5 Å². The predicted molar refractivity (Wildman–Crippen MR) is 112 cm³/mol. The van der Waals surface area contributed by atoms with Gasteiger partial charge in [-0.3, -0.25) is 9.59 Å². The molecule has 1 aromatic heterocycles. The fourth-order valence-corrected chi connectivity index (χ4v) is 3.81. The van der Waals surface area contributed by atoms with Gasteiger partial charge in [-0.15, -0.1) is 11.3 Å². The number of carbonyl (C=O) groups excluding carboxylic acids is 2. The van der Waals surface area contributed by atoms with Crippen molar-refractivity contribution in [2.75, 3.05) is 19.4 Å². The summed E-state index contributed by atoms with van der Waals surface area (Å²) in [5.74, 6) is -0.322. The van der Waals surface area contributed by atoms with Crippen LogP contribution in [0.25, 0.3) is 10.6 Å². The lowest BCUT2D eigenvalue weighted by molar-refractivity contribution is 0.102. The first-order chi connectivity index (χ1) is 12.9. The van der Waals surface area contributed by atoms with E-state index >= 15 is 0 Å². The van der Waals surface area contributed by atoms with Crippen molar-refractivity contribution in [2.24, 2.45) is 0 Å². The SMILES string of the molecule is CN(C)C(=O)Sc1ccccc1NC(=O)c1csc(-c2ccc(Cl)cc2)n1. The van der Waals surface area contributed by atoms with Gasteiger partial charge in [0.1, 0.15) is 10.7 Å². The van der Waals surface area contributed by atoms with Crippen LogP contribution < -0.4 is 5.32 Å². The first-order valence-corrected chi connectivity index (χ1v) is 10.0. The summed E-state index contributed by atoms with van der Waals surface area (Å²) in [6.07, 6.45) is 0. The Morgan fingerprint density at radius 2 is 1.81 bits per heavy atom. The molecule has 3 rings (SSSR count). The Bertz CT molecular complexity index is 971. The Kier molecular flexibility index (Phi) is 6.15. The molecular formula is C19H16ClN3O2S2. The van der Waals surface area contributed by atoms with Crippen LogP contribution in [0, 0.1) is 0 Å². The van der Waals surface area contributed by atoms with Crippen LogP contribution >= 0.6 is 34.7 Å². The van der Waals surface area contributed by atoms with Gasteiger partial charge < -0.3 is 10.2 Å². The maximum atomic E-state index is 12.6. The predicted octanol–water partition coefficient (Wildman–Crippen LogP) is 5.49. The number of anilines is 1. The molecule has 0 aliphatic heterocycles. The average Bonchev–Trinajstić information content (AvgIpc) is 3.14. The van der Waals surface area contributed by atoms with E-state index in [1.54, 1.807) is 49.8 Å². The third kappa shape index (κ3) is 4.88. The zero-order valence-corrected chi connectivity index (χ0v) is 17.0. The Labute approximate surface area is 170 Å². The highest BCUT2D eigenvalue weighted by atomic mass is 35.5. The largest absolute Gasteiger partial charge is 0.339 e. The van der Waals surface area contributed by atoms with Crippen LogP contribution in [0.4, 0.5) is 10.5 Å². The highest BCUT2D eigenvalue weighted by Gasteiger charge is 2.16. The molecule has 0 aliphatic rings. The van der Waals surface area contributed by atoms with Crippen LogP contribution in [-0.4, -0.2) is 35.1 Å². The fourth-order valence-electron chi connectivity index (χ4n) is 2.13. The number of para-hydroxylation sites is 1. The molecule has 2 aromatic carbocycles. The number of aromatic nitrogens is 1. The van der Waals surface area contributed by atoms with E-state index in [-0.39, 0.29) is 11.1 Å². The first-order valence-electron chi connectivity index (χ1n) is 7.95. The van der Waals surface area contributed by atoms with Gasteiger partial charge in [0.05, 0.1) is 5.69 Å². The van der Waals surface area contributed by atoms with Crippen molar-refractivity contribution in [1.29, 1.82) is 0 Å². The smallest absolute Gasteiger partial charge is 0.286 e. The standard InChI is InChI=1S/C19H16ClN3O2S2/c1-23(2)19(25)27-16-6-4-3-5-14(16)21-17(24)15-11-26-18(22-15)12-7-9-13(20)10-8-12/h3-11H,1-2H3,(H,21,24). The molecule has 0 aliphatic carbocycles. The second kappa shape index (κ2) is 8.56. The Morgan fingerprint density at radius 3 is 2.52 bits per heavy atom. The van der Waals surface area contributed by atoms with E-state index < -0.39 is 0 Å². The molecular weight excluding hydrogens is 402 g/mol. The lowest BCUT2D eigenvalue weighted by Gasteiger charge is -2.12. The summed E-state index contributed by atoms with van der Waals surface area (Å²) in [5.41, 5.74) is 1.79. The number of nitrogens with one attached hydrogen (secondary N) is 1. The summed E-state index contributed by atoms with van der Waals surface area (Å²) in [7, 11) is 3.37. The molecule has 3 aromatic rings. The number of amides is 2. The molecule has 0 radical (unpaired) electrons. The van der Waals surface area contributed by atoms with Crippen molar-refractivity contribution in [2.45, 2.75) is 4.90 Å². The maximum absolute atomic E-state index is 12.6. The third-order valence-corrected chi connectivity index (χ3v) is 5.78. The molecule has 8 heteroatoms. The first kappa shape index (κ1) is 19.4. The van der Waals surface area contributed by atoms with Gasteiger partial charge in [-0.05, 0) is 36.0 Å². The van der Waals surface area contributed by atoms with Crippen molar-refractivity contribution < 1.29 is 9.59 Å². The summed E-state index contributed by atoms with van der Waals surface area (Å²) >= 11 is 8.35. The van der Waals surface area contributed by atoms with E-state index in [2.05, 4.69) is 10.3 Å². The number of rotatable bonds is 4. The summed E-state index contributed by atoms with van der Waals surface area (Å²) in [6.45, 7) is 0. The summed E-state index contributed by atoms with van der Waals surface area (Å²) < 4.78 is 0. The van der Waals surface area contributed by atoms with E-state index in [1.807, 2.05) is 18.2 Å². The molecule has 1 heterocycles. The van der Waals surface area contributed by atoms with E-state index in [4.69, 9.17) is 11.6 Å². The number of carbonyl (C=O) groups is 2. The van der Waals surface area contributed by atoms with Crippen molar-refractivity contribution in [3.8, 4) is 10.6 Å². The average molecular weight is 418 g/mol. The normalized spacial score (nSPS) is 10.5. The quantitative estimate of drug-likeness (QED) is 0.570. The van der Waals surface area contributed by atoms with E-state index in [0.29, 0.717) is 21.3 Å². The molecule has 138 valence electrons. The van der Waals surface area contributed by atoms with Crippen LogP contribution in [0.1, 0.15) is 10.5 Å². The number of thiazole rings is 1. The molecule has 0 saturated heterocycles. The molecule has 0 spiro atoms. The molecule has 2 amide bonds. The third-order valence-electron chi connectivity index (χ3n) is 3.53. The molecule has 0 saturated carbocycles. The number of hydrogen-bond acceptors (Lipinski definition) is 5. The second-order valence-corrected chi connectivity index (χ2v) is 8.05. The molecule has 0 bridgehead atoms. The van der Waals surface area contributed by atoms with Gasteiger partial charge in [-0.25, -0.2) is 4.98 Å². The van der Waals surface area contributed by atoms with E-state index in [1.165, 1.54) is 16.2 Å². The minimum absolute atomic E-state index is 0.115. The highest BCUT2D eigenvalue weighted by Crippen LogP contribution is 2.30. The minimum atomic E-state index is -0.322. The number of benzene rings is 2. The van der Waals surface area contributed by atoms with Crippen LogP contribution in [0.3, 0.4) is 0 Å². The van der Waals surface area contributed by atoms with Crippen LogP contribution in [0.2, 0.25) is 5.02 Å². The zero-order chi connectivity index (χ0) is 19.4. The van der Waals surface area contributed by atoms with Crippen molar-refractivity contribution in [3.63, 3.8) is 0 Å². The molecule has 1 N–H and O–H groups in total. The number of thioether (sulfide) groups is 1. The van der Waals surface area contributed by atoms with Gasteiger partial charge in [0.15, 0.2) is 0 Å².